The zero-order valence-electron chi connectivity index (χ0n) is 14.9. The van der Waals surface area contributed by atoms with Crippen molar-refractivity contribution in [2.24, 2.45) is 0 Å². The van der Waals surface area contributed by atoms with E-state index in [4.69, 9.17) is 0 Å². The first kappa shape index (κ1) is 20.5. The molecule has 0 saturated carbocycles. The van der Waals surface area contributed by atoms with Gasteiger partial charge >= 0.3 is 134 Å². The van der Waals surface area contributed by atoms with E-state index in [1.165, 1.54) is 0 Å². The van der Waals surface area contributed by atoms with Crippen molar-refractivity contribution in [2.45, 2.75) is 65.7 Å². The molecule has 0 aromatic rings. The summed E-state index contributed by atoms with van der Waals surface area (Å²) in [6.45, 7) is 19.6. The molecule has 0 amide bonds. The number of fused-ring (bicyclic) bond motifs is 2. The van der Waals surface area contributed by atoms with E-state index in [-0.39, 0.29) is 44.0 Å². The number of hydrogen-bond donors (Lipinski definition) is 0. The van der Waals surface area contributed by atoms with Crippen LogP contribution in [0.1, 0.15) is 41.5 Å². The Morgan fingerprint density at radius 1 is 0.636 bits per heavy atom. The Balaban J connectivity index is 0.00000121. The van der Waals surface area contributed by atoms with Gasteiger partial charge in [-0.25, -0.2) is 0 Å². The molecule has 0 radical (unpaired) electrons. The molecule has 0 N–H and O–H groups in total. The van der Waals surface area contributed by atoms with Gasteiger partial charge in [0.1, 0.15) is 0 Å². The predicted octanol–water partition coefficient (Wildman–Crippen LogP) is -0.213. The molecular formula is C18H26Cl2SiTi. The Hall–Kier alpha value is 0.471. The molecule has 3 aliphatic rings. The molecule has 1 aliphatic heterocycles. The second-order valence-electron chi connectivity index (χ2n) is 7.51. The molecule has 2 unspecified atom stereocenters. The molecule has 1 fully saturated rings. The topological polar surface area (TPSA) is 0 Å². The van der Waals surface area contributed by atoms with Gasteiger partial charge < -0.3 is 24.8 Å². The van der Waals surface area contributed by atoms with Crippen molar-refractivity contribution < 1.29 is 44.0 Å². The Labute approximate surface area is 158 Å². The average Bonchev–Trinajstić information content (AvgIpc) is 2.73. The summed E-state index contributed by atoms with van der Waals surface area (Å²) < 4.78 is 3.79. The van der Waals surface area contributed by atoms with E-state index in [9.17, 15) is 0 Å². The van der Waals surface area contributed by atoms with E-state index < -0.39 is 8.07 Å². The first-order valence-corrected chi connectivity index (χ1v) is 12.4. The molecule has 1 saturated heterocycles. The van der Waals surface area contributed by atoms with Gasteiger partial charge in [-0.15, -0.1) is 0 Å². The number of allylic oxidation sites excluding steroid dienone is 8. The maximum atomic E-state index is 2.65. The Morgan fingerprint density at radius 3 is 1.27 bits per heavy atom. The molecule has 2 atom stereocenters. The van der Waals surface area contributed by atoms with E-state index in [1.54, 1.807) is 33.4 Å². The fourth-order valence-corrected chi connectivity index (χ4v) is 16.5. The van der Waals surface area contributed by atoms with E-state index in [1.807, 2.05) is 7.76 Å². The summed E-state index contributed by atoms with van der Waals surface area (Å²) in [7, 11) is -1.34. The monoisotopic (exact) mass is 388 g/mol. The first-order chi connectivity index (χ1) is 9.19. The minimum absolute atomic E-state index is 0. The summed E-state index contributed by atoms with van der Waals surface area (Å²) >= 11 is -0.0681. The molecule has 2 aliphatic carbocycles. The number of rotatable bonds is 0. The van der Waals surface area contributed by atoms with Crippen molar-refractivity contribution in [1.29, 1.82) is 0 Å². The third-order valence-electron chi connectivity index (χ3n) is 6.32. The van der Waals surface area contributed by atoms with Crippen molar-refractivity contribution >= 4 is 8.07 Å². The molecule has 4 heteroatoms. The number of hydrogen-bond acceptors (Lipinski definition) is 0. The van der Waals surface area contributed by atoms with Crippen LogP contribution in [0.4, 0.5) is 0 Å². The van der Waals surface area contributed by atoms with Crippen molar-refractivity contribution in [3.05, 3.63) is 41.2 Å². The second-order valence-corrected chi connectivity index (χ2v) is 14.4. The van der Waals surface area contributed by atoms with Gasteiger partial charge in [0.15, 0.2) is 0 Å². The fraction of sp³-hybridized carbons (Fsp3) is 0.556. The summed E-state index contributed by atoms with van der Waals surface area (Å²) in [5.74, 6) is 0. The van der Waals surface area contributed by atoms with Gasteiger partial charge in [0.05, 0.1) is 0 Å². The van der Waals surface area contributed by atoms with E-state index in [0.717, 1.165) is 11.1 Å². The van der Waals surface area contributed by atoms with Crippen LogP contribution in [-0.4, -0.2) is 8.07 Å². The van der Waals surface area contributed by atoms with Gasteiger partial charge in [-0.05, 0) is 0 Å². The predicted molar refractivity (Wildman–Crippen MR) is 87.1 cm³/mol. The van der Waals surface area contributed by atoms with Crippen LogP contribution in [0.3, 0.4) is 0 Å². The average molecular weight is 389 g/mol. The summed E-state index contributed by atoms with van der Waals surface area (Å²) in [6.07, 6.45) is 0. The largest absolute Gasteiger partial charge is 1.00 e. The van der Waals surface area contributed by atoms with Crippen molar-refractivity contribution in [2.75, 3.05) is 0 Å². The zero-order chi connectivity index (χ0) is 15.0. The molecule has 120 valence electrons. The third kappa shape index (κ3) is 2.43. The molecule has 3 rings (SSSR count). The quantitative estimate of drug-likeness (QED) is 0.503. The number of halogens is 2. The standard InChI is InChI=1S/C18H26Si.2ClH.Ti/c1-11-9-17(15(5)13(11)3)19(7,8)18-10-12(2)14(4)16(18)6;;;/h17-18H,1-8H3;2*1H;/q;;;+2/p-2. The van der Waals surface area contributed by atoms with E-state index in [0.29, 0.717) is 0 Å². The van der Waals surface area contributed by atoms with Crippen molar-refractivity contribution in [3.63, 3.8) is 0 Å². The molecule has 0 aromatic heterocycles. The summed E-state index contributed by atoms with van der Waals surface area (Å²) in [4.78, 5) is 0. The van der Waals surface area contributed by atoms with Crippen LogP contribution >= 0.6 is 0 Å². The smallest absolute Gasteiger partial charge is 1.00 e. The molecule has 0 bridgehead atoms. The van der Waals surface area contributed by atoms with Gasteiger partial charge in [-0.2, -0.15) is 0 Å². The fourth-order valence-electron chi connectivity index (χ4n) is 4.80. The first-order valence-electron chi connectivity index (χ1n) is 7.73. The van der Waals surface area contributed by atoms with Crippen LogP contribution in [0.5, 0.6) is 0 Å². The van der Waals surface area contributed by atoms with E-state index in [2.05, 4.69) is 54.6 Å². The maximum absolute atomic E-state index is 2.65. The van der Waals surface area contributed by atoms with Gasteiger partial charge in [0.25, 0.3) is 0 Å². The van der Waals surface area contributed by atoms with Gasteiger partial charge in [-0.3, -0.25) is 0 Å². The van der Waals surface area contributed by atoms with Gasteiger partial charge in [0, 0.05) is 0 Å². The molecule has 1 heterocycles. The minimum atomic E-state index is -1.34. The molecule has 0 spiro atoms. The summed E-state index contributed by atoms with van der Waals surface area (Å²) in [6, 6.07) is 0. The Kier molecular flexibility index (Phi) is 5.98. The van der Waals surface area contributed by atoms with Crippen molar-refractivity contribution in [1.82, 2.24) is 0 Å². The summed E-state index contributed by atoms with van der Waals surface area (Å²) in [5.41, 5.74) is 11.7. The molecular weight excluding hydrogens is 363 g/mol. The van der Waals surface area contributed by atoms with Gasteiger partial charge in [0.2, 0.25) is 0 Å². The summed E-state index contributed by atoms with van der Waals surface area (Å²) in [5, 5.41) is 0. The van der Waals surface area contributed by atoms with E-state index >= 15 is 0 Å². The van der Waals surface area contributed by atoms with Crippen LogP contribution in [0.25, 0.3) is 0 Å². The van der Waals surface area contributed by atoms with Crippen LogP contribution in [0.15, 0.2) is 41.2 Å². The molecule has 22 heavy (non-hydrogen) atoms. The van der Waals surface area contributed by atoms with Crippen LogP contribution in [-0.2, 0) is 19.2 Å². The molecule has 0 aromatic carbocycles. The van der Waals surface area contributed by atoms with Gasteiger partial charge in [-0.1, -0.05) is 0 Å². The maximum Gasteiger partial charge on any atom is -1.00 e. The molecule has 0 nitrogen and oxygen atoms in total. The van der Waals surface area contributed by atoms with Crippen LogP contribution in [0, 0.1) is 0 Å². The second kappa shape index (κ2) is 6.41. The third-order valence-corrected chi connectivity index (χ3v) is 14.6. The van der Waals surface area contributed by atoms with Crippen molar-refractivity contribution in [3.8, 4) is 0 Å². The van der Waals surface area contributed by atoms with Crippen LogP contribution < -0.4 is 24.8 Å². The zero-order valence-corrected chi connectivity index (χ0v) is 19.0. The Bertz CT molecular complexity index is 596. The SMILES string of the molecule is CC1=C(C)C2[C](=C1C)[Ti+2][C]1=C(C)C(C)=C(C)C1[Si]2(C)C.[Cl-].[Cl-]. The van der Waals surface area contributed by atoms with Crippen LogP contribution in [0.2, 0.25) is 24.2 Å². The normalized spacial score (nSPS) is 28.7. The minimum Gasteiger partial charge on any atom is -1.00 e. The Morgan fingerprint density at radius 2 is 0.955 bits per heavy atom.